The second-order valence-electron chi connectivity index (χ2n) is 5.98. The van der Waals surface area contributed by atoms with Gasteiger partial charge in [-0.15, -0.1) is 11.6 Å². The van der Waals surface area contributed by atoms with E-state index in [1.807, 2.05) is 7.05 Å². The molecule has 1 saturated heterocycles. The first-order valence-electron chi connectivity index (χ1n) is 7.04. The molecule has 0 atom stereocenters. The number of aryl methyl sites for hydroxylation is 1. The zero-order chi connectivity index (χ0) is 15.0. The molecule has 2 rings (SSSR count). The lowest BCUT2D eigenvalue weighted by molar-refractivity contribution is 0.169. The van der Waals surface area contributed by atoms with Crippen LogP contribution in [-0.4, -0.2) is 30.4 Å². The average Bonchev–Trinajstić information content (AvgIpc) is 2.81. The highest BCUT2D eigenvalue weighted by atomic mass is 35.5. The van der Waals surface area contributed by atoms with Crippen molar-refractivity contribution in [1.82, 2.24) is 8.87 Å². The van der Waals surface area contributed by atoms with Crippen LogP contribution >= 0.6 is 11.6 Å². The summed E-state index contributed by atoms with van der Waals surface area (Å²) in [5, 5.41) is 0. The summed E-state index contributed by atoms with van der Waals surface area (Å²) in [5.41, 5.74) is 1.10. The Bertz CT molecular complexity index is 572. The van der Waals surface area contributed by atoms with Crippen LogP contribution in [0.4, 0.5) is 0 Å². The molecule has 0 N–H and O–H groups in total. The molecular formula is C14H23ClN2O2S. The van der Waals surface area contributed by atoms with Crippen LogP contribution in [0.3, 0.4) is 0 Å². The Morgan fingerprint density at radius 1 is 1.35 bits per heavy atom. The van der Waals surface area contributed by atoms with Crippen molar-refractivity contribution in [3.63, 3.8) is 0 Å². The number of nitrogens with zero attached hydrogens (tertiary/aromatic N) is 2. The lowest BCUT2D eigenvalue weighted by atomic mass is 9.79. The van der Waals surface area contributed by atoms with Crippen molar-refractivity contribution in [3.8, 4) is 0 Å². The predicted molar refractivity (Wildman–Crippen MR) is 81.4 cm³/mol. The number of rotatable bonds is 4. The smallest absolute Gasteiger partial charge is 0.244 e. The Labute approximate surface area is 126 Å². The maximum absolute atomic E-state index is 12.6. The maximum atomic E-state index is 12.6. The molecule has 20 heavy (non-hydrogen) atoms. The van der Waals surface area contributed by atoms with E-state index in [2.05, 4.69) is 13.8 Å². The molecule has 0 radical (unpaired) electrons. The van der Waals surface area contributed by atoms with E-state index in [1.54, 1.807) is 21.1 Å². The number of alkyl halides is 1. The van der Waals surface area contributed by atoms with E-state index in [9.17, 15) is 8.42 Å². The third-order valence-corrected chi connectivity index (χ3v) is 6.78. The lowest BCUT2D eigenvalue weighted by Gasteiger charge is -2.38. The minimum absolute atomic E-state index is 0.282. The zero-order valence-corrected chi connectivity index (χ0v) is 14.0. The molecule has 1 aromatic heterocycles. The zero-order valence-electron chi connectivity index (χ0n) is 12.4. The maximum Gasteiger partial charge on any atom is 0.244 e. The van der Waals surface area contributed by atoms with Crippen LogP contribution in [0.25, 0.3) is 0 Å². The van der Waals surface area contributed by atoms with Crippen molar-refractivity contribution < 1.29 is 8.42 Å². The fourth-order valence-corrected chi connectivity index (χ4v) is 4.42. The summed E-state index contributed by atoms with van der Waals surface area (Å²) in [6.45, 7) is 5.63. The Morgan fingerprint density at radius 2 is 1.95 bits per heavy atom. The largest absolute Gasteiger partial charge is 0.352 e. The Balaban J connectivity index is 2.19. The highest BCUT2D eigenvalue weighted by Crippen LogP contribution is 2.35. The molecule has 0 bridgehead atoms. The SMILES string of the molecule is CCC1(C)CCN(S(=O)(=O)c2cc(CCl)n(C)c2)CC1. The van der Waals surface area contributed by atoms with E-state index in [1.165, 1.54) is 0 Å². The van der Waals surface area contributed by atoms with Gasteiger partial charge < -0.3 is 4.57 Å². The summed E-state index contributed by atoms with van der Waals surface area (Å²) in [7, 11) is -1.56. The highest BCUT2D eigenvalue weighted by molar-refractivity contribution is 7.89. The van der Waals surface area contributed by atoms with Gasteiger partial charge in [-0.05, 0) is 24.3 Å². The summed E-state index contributed by atoms with van der Waals surface area (Å²) in [4.78, 5) is 0.357. The summed E-state index contributed by atoms with van der Waals surface area (Å²) in [5.74, 6) is 0.319. The number of piperidine rings is 1. The highest BCUT2D eigenvalue weighted by Gasteiger charge is 2.34. The van der Waals surface area contributed by atoms with Crippen LogP contribution in [0.1, 0.15) is 38.8 Å². The van der Waals surface area contributed by atoms with E-state index >= 15 is 0 Å². The normalized spacial score (nSPS) is 20.2. The average molecular weight is 319 g/mol. The fourth-order valence-electron chi connectivity index (χ4n) is 2.62. The van der Waals surface area contributed by atoms with Crippen LogP contribution in [0, 0.1) is 5.41 Å². The fraction of sp³-hybridized carbons (Fsp3) is 0.714. The van der Waals surface area contributed by atoms with Gasteiger partial charge in [0.05, 0.1) is 5.88 Å². The Morgan fingerprint density at radius 3 is 2.40 bits per heavy atom. The Hall–Kier alpha value is -0.520. The minimum Gasteiger partial charge on any atom is -0.352 e. The third kappa shape index (κ3) is 2.90. The van der Waals surface area contributed by atoms with Crippen molar-refractivity contribution in [1.29, 1.82) is 0 Å². The molecule has 114 valence electrons. The molecule has 4 nitrogen and oxygen atoms in total. The lowest BCUT2D eigenvalue weighted by Crippen LogP contribution is -2.41. The van der Waals surface area contributed by atoms with Gasteiger partial charge in [-0.3, -0.25) is 0 Å². The first-order chi connectivity index (χ1) is 9.32. The second-order valence-corrected chi connectivity index (χ2v) is 8.19. The molecule has 0 unspecified atom stereocenters. The van der Waals surface area contributed by atoms with E-state index in [4.69, 9.17) is 11.6 Å². The molecule has 2 heterocycles. The molecule has 6 heteroatoms. The number of hydrogen-bond donors (Lipinski definition) is 0. The summed E-state index contributed by atoms with van der Waals surface area (Å²) in [6.07, 6.45) is 4.61. The molecule has 1 aromatic rings. The van der Waals surface area contributed by atoms with Crippen molar-refractivity contribution >= 4 is 21.6 Å². The first-order valence-corrected chi connectivity index (χ1v) is 9.01. The van der Waals surface area contributed by atoms with Crippen molar-refractivity contribution in [2.75, 3.05) is 13.1 Å². The molecule has 1 aliphatic heterocycles. The van der Waals surface area contributed by atoms with Crippen LogP contribution in [0.2, 0.25) is 0 Å². The number of halogens is 1. The van der Waals surface area contributed by atoms with Crippen LogP contribution in [0.15, 0.2) is 17.2 Å². The Kier molecular flexibility index (Phi) is 4.52. The molecule has 0 aromatic carbocycles. The van der Waals surface area contributed by atoms with Crippen LogP contribution in [-0.2, 0) is 23.0 Å². The van der Waals surface area contributed by atoms with E-state index in [0.29, 0.717) is 23.9 Å². The van der Waals surface area contributed by atoms with Gasteiger partial charge in [0.2, 0.25) is 10.0 Å². The predicted octanol–water partition coefficient (Wildman–Crippen LogP) is 2.96. The van der Waals surface area contributed by atoms with Crippen molar-refractivity contribution in [3.05, 3.63) is 18.0 Å². The molecule has 1 fully saturated rings. The third-order valence-electron chi connectivity index (χ3n) is 4.64. The summed E-state index contributed by atoms with van der Waals surface area (Å²) >= 11 is 5.81. The van der Waals surface area contributed by atoms with Gasteiger partial charge in [-0.1, -0.05) is 20.3 Å². The summed E-state index contributed by atoms with van der Waals surface area (Å²) in [6, 6.07) is 1.68. The molecule has 0 saturated carbocycles. The molecule has 0 amide bonds. The van der Waals surface area contributed by atoms with Crippen LogP contribution < -0.4 is 0 Å². The van der Waals surface area contributed by atoms with Crippen molar-refractivity contribution in [2.45, 2.75) is 43.9 Å². The van der Waals surface area contributed by atoms with E-state index in [0.717, 1.165) is 25.0 Å². The van der Waals surface area contributed by atoms with Gasteiger partial charge in [0.15, 0.2) is 0 Å². The molecular weight excluding hydrogens is 296 g/mol. The first kappa shape index (κ1) is 15.9. The number of hydrogen-bond acceptors (Lipinski definition) is 2. The van der Waals surface area contributed by atoms with E-state index < -0.39 is 10.0 Å². The molecule has 1 aliphatic rings. The van der Waals surface area contributed by atoms with Gasteiger partial charge in [0, 0.05) is 32.0 Å². The second kappa shape index (κ2) is 5.70. The quantitative estimate of drug-likeness (QED) is 0.801. The van der Waals surface area contributed by atoms with Gasteiger partial charge >= 0.3 is 0 Å². The van der Waals surface area contributed by atoms with Crippen LogP contribution in [0.5, 0.6) is 0 Å². The van der Waals surface area contributed by atoms with Gasteiger partial charge in [0.1, 0.15) is 4.90 Å². The topological polar surface area (TPSA) is 42.3 Å². The monoisotopic (exact) mass is 318 g/mol. The number of sulfonamides is 1. The minimum atomic E-state index is -3.38. The van der Waals surface area contributed by atoms with Crippen molar-refractivity contribution in [2.24, 2.45) is 12.5 Å². The van der Waals surface area contributed by atoms with E-state index in [-0.39, 0.29) is 5.41 Å². The summed E-state index contributed by atoms with van der Waals surface area (Å²) < 4.78 is 28.7. The van der Waals surface area contributed by atoms with Gasteiger partial charge in [-0.25, -0.2) is 8.42 Å². The standard InChI is InChI=1S/C14H23ClN2O2S/c1-4-14(2)5-7-17(8-6-14)20(18,19)13-9-12(10-15)16(3)11-13/h9,11H,4-8,10H2,1-3H3. The molecule has 0 spiro atoms. The van der Waals surface area contributed by atoms with Gasteiger partial charge in [0.25, 0.3) is 0 Å². The van der Waals surface area contributed by atoms with Gasteiger partial charge in [-0.2, -0.15) is 4.31 Å². The number of aromatic nitrogens is 1. The molecule has 0 aliphatic carbocycles.